The second-order valence-electron chi connectivity index (χ2n) is 5.81. The lowest BCUT2D eigenvalue weighted by atomic mass is 10.1. The first-order chi connectivity index (χ1) is 13.1. The molecule has 0 bridgehead atoms. The fourth-order valence-electron chi connectivity index (χ4n) is 2.32. The minimum atomic E-state index is -3.87. The maximum atomic E-state index is 13.6. The van der Waals surface area contributed by atoms with Crippen LogP contribution in [0.1, 0.15) is 18.1 Å². The third-order valence-corrected chi connectivity index (χ3v) is 6.10. The third kappa shape index (κ3) is 5.61. The number of nitrogens with two attached hydrogens (primary N) is 1. The molecule has 148 valence electrons. The van der Waals surface area contributed by atoms with E-state index in [1.165, 1.54) is 26.2 Å². The molecular formula is C19H19Cl2N2O4P. The fourth-order valence-corrected chi connectivity index (χ4v) is 4.29. The van der Waals surface area contributed by atoms with E-state index in [1.54, 1.807) is 37.3 Å². The van der Waals surface area contributed by atoms with Gasteiger partial charge in [-0.2, -0.15) is 4.76 Å². The van der Waals surface area contributed by atoms with Gasteiger partial charge < -0.3 is 15.0 Å². The third-order valence-electron chi connectivity index (χ3n) is 3.65. The molecule has 28 heavy (non-hydrogen) atoms. The highest BCUT2D eigenvalue weighted by Gasteiger charge is 2.28. The lowest BCUT2D eigenvalue weighted by Crippen LogP contribution is -2.17. The molecule has 2 rings (SSSR count). The van der Waals surface area contributed by atoms with Crippen molar-refractivity contribution in [2.24, 2.45) is 10.5 Å². The average molecular weight is 441 g/mol. The van der Waals surface area contributed by atoms with Crippen LogP contribution in [0.15, 0.2) is 59.1 Å². The lowest BCUT2D eigenvalue weighted by molar-refractivity contribution is -0.135. The Hall–Kier alpha value is -2.27. The van der Waals surface area contributed by atoms with Gasteiger partial charge in [0.15, 0.2) is 0 Å². The number of nitrogens with zero attached hydrogens (tertiary/aromatic N) is 1. The largest absolute Gasteiger partial charge is 0.466 e. The SMILES string of the molecule is COC(=O)C=C(C)OP(=O)(N=C(N)c1ccc(Cl)cc1C)c1ccc(Cl)cc1. The Labute approximate surface area is 173 Å². The molecular weight excluding hydrogens is 422 g/mol. The maximum Gasteiger partial charge on any atom is 0.394 e. The summed E-state index contributed by atoms with van der Waals surface area (Å²) in [5, 5.41) is 1.27. The predicted molar refractivity (Wildman–Crippen MR) is 112 cm³/mol. The van der Waals surface area contributed by atoms with Crippen LogP contribution in [0.2, 0.25) is 10.0 Å². The van der Waals surface area contributed by atoms with E-state index in [1.807, 2.05) is 0 Å². The molecule has 0 radical (unpaired) electrons. The number of benzene rings is 2. The van der Waals surface area contributed by atoms with Crippen LogP contribution < -0.4 is 11.0 Å². The van der Waals surface area contributed by atoms with Gasteiger partial charge in [0, 0.05) is 15.6 Å². The second kappa shape index (κ2) is 9.28. The summed E-state index contributed by atoms with van der Waals surface area (Å²) >= 11 is 11.9. The van der Waals surface area contributed by atoms with Gasteiger partial charge in [0.05, 0.1) is 18.5 Å². The van der Waals surface area contributed by atoms with Crippen LogP contribution >= 0.6 is 30.7 Å². The molecule has 0 aromatic heterocycles. The van der Waals surface area contributed by atoms with E-state index in [0.717, 1.165) is 11.6 Å². The number of halogens is 2. The summed E-state index contributed by atoms with van der Waals surface area (Å²) in [6, 6.07) is 11.2. The Kier molecular flexibility index (Phi) is 7.30. The highest BCUT2D eigenvalue weighted by Crippen LogP contribution is 2.50. The first kappa shape index (κ1) is 22.0. The molecule has 2 N–H and O–H groups in total. The minimum Gasteiger partial charge on any atom is -0.466 e. The van der Waals surface area contributed by atoms with Gasteiger partial charge in [-0.05, 0) is 61.9 Å². The van der Waals surface area contributed by atoms with Crippen molar-refractivity contribution in [1.29, 1.82) is 0 Å². The molecule has 0 aliphatic rings. The minimum absolute atomic E-state index is 0.0123. The fraction of sp³-hybridized carbons (Fsp3) is 0.158. The number of amidine groups is 1. The van der Waals surface area contributed by atoms with Crippen molar-refractivity contribution in [1.82, 2.24) is 0 Å². The van der Waals surface area contributed by atoms with Crippen LogP contribution in [0, 0.1) is 6.92 Å². The monoisotopic (exact) mass is 440 g/mol. The zero-order valence-corrected chi connectivity index (χ0v) is 17.9. The summed E-state index contributed by atoms with van der Waals surface area (Å²) in [6.45, 7) is 3.28. The summed E-state index contributed by atoms with van der Waals surface area (Å²) in [5.41, 5.74) is 7.45. The number of ether oxygens (including phenoxy) is 1. The van der Waals surface area contributed by atoms with E-state index in [9.17, 15) is 9.36 Å². The van der Waals surface area contributed by atoms with Gasteiger partial charge in [0.1, 0.15) is 11.6 Å². The van der Waals surface area contributed by atoms with Crippen molar-refractivity contribution < 1.29 is 18.6 Å². The topological polar surface area (TPSA) is 91.0 Å². The Morgan fingerprint density at radius 2 is 1.75 bits per heavy atom. The second-order valence-corrected chi connectivity index (χ2v) is 8.62. The van der Waals surface area contributed by atoms with Gasteiger partial charge in [0.25, 0.3) is 0 Å². The highest BCUT2D eigenvalue weighted by molar-refractivity contribution is 7.66. The molecule has 1 unspecified atom stereocenters. The van der Waals surface area contributed by atoms with Gasteiger partial charge in [-0.25, -0.2) is 9.36 Å². The summed E-state index contributed by atoms with van der Waals surface area (Å²) in [6.07, 6.45) is 1.07. The normalized spacial score (nSPS) is 14.3. The molecule has 1 atom stereocenters. The van der Waals surface area contributed by atoms with Gasteiger partial charge in [-0.1, -0.05) is 23.2 Å². The van der Waals surface area contributed by atoms with E-state index < -0.39 is 13.5 Å². The van der Waals surface area contributed by atoms with Crippen LogP contribution in [0.4, 0.5) is 0 Å². The Morgan fingerprint density at radius 3 is 2.32 bits per heavy atom. The summed E-state index contributed by atoms with van der Waals surface area (Å²) in [7, 11) is -2.65. The molecule has 0 spiro atoms. The summed E-state index contributed by atoms with van der Waals surface area (Å²) < 4.78 is 27.9. The van der Waals surface area contributed by atoms with E-state index >= 15 is 0 Å². The number of esters is 1. The van der Waals surface area contributed by atoms with Gasteiger partial charge in [-0.3, -0.25) is 0 Å². The maximum absolute atomic E-state index is 13.6. The molecule has 0 amide bonds. The van der Waals surface area contributed by atoms with Crippen LogP contribution in [-0.4, -0.2) is 18.9 Å². The molecule has 0 heterocycles. The van der Waals surface area contributed by atoms with Crippen LogP contribution in [0.3, 0.4) is 0 Å². The number of methoxy groups -OCH3 is 1. The quantitative estimate of drug-likeness (QED) is 0.176. The molecule has 0 aliphatic carbocycles. The number of rotatable bonds is 6. The van der Waals surface area contributed by atoms with Crippen molar-refractivity contribution in [2.45, 2.75) is 13.8 Å². The van der Waals surface area contributed by atoms with E-state index in [0.29, 0.717) is 15.6 Å². The predicted octanol–water partition coefficient (Wildman–Crippen LogP) is 4.62. The number of aryl methyl sites for hydroxylation is 1. The number of carbonyl (C=O) groups excluding carboxylic acids is 1. The first-order valence-corrected chi connectivity index (χ1v) is 10.4. The molecule has 0 fully saturated rings. The molecule has 0 aliphatic heterocycles. The van der Waals surface area contributed by atoms with Crippen LogP contribution in [0.5, 0.6) is 0 Å². The standard InChI is InChI=1S/C19H19Cl2N2O4P/c1-12-10-15(21)6-9-17(12)19(22)23-28(25,16-7-4-14(20)5-8-16)27-13(2)11-18(24)26-3/h4-11H,1-3H3,(H2,22,23,25). The zero-order valence-electron chi connectivity index (χ0n) is 15.5. The van der Waals surface area contributed by atoms with Crippen molar-refractivity contribution in [3.8, 4) is 0 Å². The molecule has 6 nitrogen and oxygen atoms in total. The van der Waals surface area contributed by atoms with Crippen molar-refractivity contribution in [3.63, 3.8) is 0 Å². The Bertz CT molecular complexity index is 988. The number of hydrogen-bond acceptors (Lipinski definition) is 4. The molecule has 2 aromatic carbocycles. The van der Waals surface area contributed by atoms with Crippen molar-refractivity contribution in [3.05, 3.63) is 75.5 Å². The smallest absolute Gasteiger partial charge is 0.394 e. The van der Waals surface area contributed by atoms with Crippen molar-refractivity contribution in [2.75, 3.05) is 7.11 Å². The van der Waals surface area contributed by atoms with Crippen LogP contribution in [0.25, 0.3) is 0 Å². The Balaban J connectivity index is 2.54. The number of hydrogen-bond donors (Lipinski definition) is 1. The van der Waals surface area contributed by atoms with E-state index in [4.69, 9.17) is 33.5 Å². The van der Waals surface area contributed by atoms with Crippen LogP contribution in [-0.2, 0) is 18.6 Å². The average Bonchev–Trinajstić information content (AvgIpc) is 2.61. The van der Waals surface area contributed by atoms with Gasteiger partial charge in [0.2, 0.25) is 0 Å². The van der Waals surface area contributed by atoms with E-state index in [2.05, 4.69) is 9.50 Å². The van der Waals surface area contributed by atoms with Gasteiger partial charge >= 0.3 is 13.5 Å². The zero-order chi connectivity index (χ0) is 20.9. The lowest BCUT2D eigenvalue weighted by Gasteiger charge is -2.17. The van der Waals surface area contributed by atoms with Gasteiger partial charge in [-0.15, -0.1) is 0 Å². The molecule has 2 aromatic rings. The summed E-state index contributed by atoms with van der Waals surface area (Å²) in [4.78, 5) is 11.5. The summed E-state index contributed by atoms with van der Waals surface area (Å²) in [5.74, 6) is -0.571. The number of carbonyl (C=O) groups is 1. The number of allylic oxidation sites excluding steroid dienone is 1. The molecule has 0 saturated carbocycles. The molecule has 0 saturated heterocycles. The highest BCUT2D eigenvalue weighted by atomic mass is 35.5. The van der Waals surface area contributed by atoms with Crippen molar-refractivity contribution >= 4 is 47.8 Å². The first-order valence-electron chi connectivity index (χ1n) is 8.09. The molecule has 9 heteroatoms. The Morgan fingerprint density at radius 1 is 1.14 bits per heavy atom. The van der Waals surface area contributed by atoms with E-state index in [-0.39, 0.29) is 16.9 Å².